The van der Waals surface area contributed by atoms with Gasteiger partial charge in [-0.15, -0.1) is 11.8 Å². The summed E-state index contributed by atoms with van der Waals surface area (Å²) in [6.07, 6.45) is 1.14. The van der Waals surface area contributed by atoms with Gasteiger partial charge in [-0.25, -0.2) is 8.42 Å². The van der Waals surface area contributed by atoms with Crippen molar-refractivity contribution in [2.45, 2.75) is 238 Å². The number of hydrogen-bond donors (Lipinski definition) is 0. The molecule has 0 aromatic heterocycles. The van der Waals surface area contributed by atoms with Gasteiger partial charge in [0.1, 0.15) is 0 Å². The third-order valence-corrected chi connectivity index (χ3v) is 20.2. The van der Waals surface area contributed by atoms with Gasteiger partial charge < -0.3 is 4.74 Å². The number of sulfone groups is 1. The van der Waals surface area contributed by atoms with Gasteiger partial charge >= 0.3 is 0 Å². The molecule has 2 unspecified atom stereocenters. The van der Waals surface area contributed by atoms with Crippen molar-refractivity contribution in [3.05, 3.63) is 333 Å². The summed E-state index contributed by atoms with van der Waals surface area (Å²) in [4.78, 5) is 1.95. The van der Waals surface area contributed by atoms with Crippen LogP contribution < -0.4 is 0 Å². The van der Waals surface area contributed by atoms with Crippen molar-refractivity contribution >= 4 is 21.6 Å². The summed E-state index contributed by atoms with van der Waals surface area (Å²) >= 11 is 1.97. The van der Waals surface area contributed by atoms with E-state index in [1.54, 1.807) is 6.07 Å². The highest BCUT2D eigenvalue weighted by atomic mass is 32.2. The molecule has 0 saturated carbocycles. The van der Waals surface area contributed by atoms with Crippen LogP contribution in [0.1, 0.15) is 270 Å². The molecule has 564 valence electrons. The standard InChI is InChI=1S/C18H20O.C17H18O2S.C17H18S.2C16H18.7C2H6.CH4/c1-13(2)18-16-9-5-3-7-14(16)11-19-12-15-8-4-6-10-17(15)18;1-12(2)17-14-8-4-3-7-13(14)11-20(18,19)16-10-6-5-9-15(16)17;1-12(2)17-14-8-4-3-7-13(14)11-18-16-10-6-5-9-15(16)17;1-13(2)16(14-9-5-3-6-10-14)15-11-7-4-8-12-15;1-13(2)12-15-10-6-7-11-16(15)14-8-4-3-5-9-14;7*1-2;/h3-10,13,18H,11-12H2,1-2H3;3-10,12,17H,11H2,1-2H3;3-10,12,17H,11H2,1-2H3;3-13,16H,1-2H3;3-11,13H,12H2,1-2H3;7*1-2H3;1H4. The highest BCUT2D eigenvalue weighted by Gasteiger charge is 2.33. The van der Waals surface area contributed by atoms with Crippen LogP contribution in [0, 0.1) is 29.6 Å². The number of rotatable bonds is 9. The number of thioether (sulfide) groups is 1. The molecule has 3 heterocycles. The maximum absolute atomic E-state index is 12.6. The van der Waals surface area contributed by atoms with E-state index in [1.165, 1.54) is 71.7 Å². The van der Waals surface area contributed by atoms with E-state index >= 15 is 0 Å². The number of benzene rings is 10. The van der Waals surface area contributed by atoms with Crippen LogP contribution in [0.15, 0.2) is 271 Å². The Labute approximate surface area is 642 Å². The molecule has 13 rings (SSSR count). The fourth-order valence-corrected chi connectivity index (χ4v) is 16.2. The van der Waals surface area contributed by atoms with E-state index in [4.69, 9.17) is 4.74 Å². The Balaban J connectivity index is 0.000000622. The Kier molecular flexibility index (Phi) is 48.4. The second-order valence-corrected chi connectivity index (χ2v) is 28.7. The van der Waals surface area contributed by atoms with E-state index < -0.39 is 9.84 Å². The Bertz CT molecular complexity index is 3790. The van der Waals surface area contributed by atoms with E-state index in [9.17, 15) is 8.42 Å². The third kappa shape index (κ3) is 28.1. The van der Waals surface area contributed by atoms with Crippen LogP contribution in [-0.2, 0) is 45.7 Å². The number of ether oxygens (including phenoxy) is 1. The molecule has 0 aliphatic carbocycles. The predicted octanol–water partition coefficient (Wildman–Crippen LogP) is 30.2. The molecule has 0 N–H and O–H groups in total. The lowest BCUT2D eigenvalue weighted by Crippen LogP contribution is -2.16. The second-order valence-electron chi connectivity index (χ2n) is 25.7. The summed E-state index contributed by atoms with van der Waals surface area (Å²) in [5.41, 5.74) is 20.0. The summed E-state index contributed by atoms with van der Waals surface area (Å²) in [6.45, 7) is 52.1. The van der Waals surface area contributed by atoms with Gasteiger partial charge in [-0.05, 0) is 132 Å². The smallest absolute Gasteiger partial charge is 0.182 e. The lowest BCUT2D eigenvalue weighted by molar-refractivity contribution is 0.103. The zero-order chi connectivity index (χ0) is 76.9. The topological polar surface area (TPSA) is 43.4 Å². The van der Waals surface area contributed by atoms with E-state index in [-0.39, 0.29) is 19.1 Å². The van der Waals surface area contributed by atoms with Gasteiger partial charge in [-0.1, -0.05) is 422 Å². The van der Waals surface area contributed by atoms with Crippen molar-refractivity contribution in [1.29, 1.82) is 0 Å². The zero-order valence-electron chi connectivity index (χ0n) is 68.1. The highest BCUT2D eigenvalue weighted by Crippen LogP contribution is 2.45. The first-order valence-corrected chi connectivity index (χ1v) is 41.9. The molecule has 3 nitrogen and oxygen atoms in total. The molecule has 0 amide bonds. The maximum atomic E-state index is 12.6. The van der Waals surface area contributed by atoms with Crippen LogP contribution in [0.3, 0.4) is 0 Å². The molecule has 0 fully saturated rings. The minimum atomic E-state index is -3.26. The molecule has 2 atom stereocenters. The molecular weight excluding hydrogens is 1300 g/mol. The van der Waals surface area contributed by atoms with Crippen LogP contribution in [0.2, 0.25) is 0 Å². The van der Waals surface area contributed by atoms with E-state index in [0.717, 1.165) is 28.9 Å². The Morgan fingerprint density at radius 3 is 1.12 bits per heavy atom. The van der Waals surface area contributed by atoms with Crippen molar-refractivity contribution in [1.82, 2.24) is 0 Å². The monoisotopic (exact) mass is 1440 g/mol. The zero-order valence-corrected chi connectivity index (χ0v) is 69.7. The fraction of sp³-hybridized carbons (Fsp3) is 0.394. The Hall–Kier alpha value is -7.54. The summed E-state index contributed by atoms with van der Waals surface area (Å²) in [6, 6.07) is 91.4. The second kappa shape index (κ2) is 53.3. The largest absolute Gasteiger partial charge is 0.372 e. The molecule has 0 saturated heterocycles. The normalized spacial score (nSPS) is 13.6. The quantitative estimate of drug-likeness (QED) is 0.144. The van der Waals surface area contributed by atoms with Crippen molar-refractivity contribution in [3.63, 3.8) is 0 Å². The van der Waals surface area contributed by atoms with Gasteiger partial charge in [-0.3, -0.25) is 0 Å². The molecule has 10 aromatic rings. The lowest BCUT2D eigenvalue weighted by atomic mass is 9.78. The van der Waals surface area contributed by atoms with Gasteiger partial charge in [0, 0.05) is 34.3 Å². The van der Waals surface area contributed by atoms with Crippen molar-refractivity contribution in [3.8, 4) is 11.1 Å². The van der Waals surface area contributed by atoms with E-state index in [0.29, 0.717) is 65.5 Å². The first kappa shape index (κ1) is 94.5. The Morgan fingerprint density at radius 1 is 0.356 bits per heavy atom. The molecule has 104 heavy (non-hydrogen) atoms. The van der Waals surface area contributed by atoms with Crippen LogP contribution in [0.4, 0.5) is 0 Å². The lowest BCUT2D eigenvalue weighted by Gasteiger charge is -2.29. The maximum Gasteiger partial charge on any atom is 0.182 e. The fourth-order valence-electron chi connectivity index (χ4n) is 13.5. The molecule has 0 spiro atoms. The van der Waals surface area contributed by atoms with Crippen LogP contribution in [-0.4, -0.2) is 8.42 Å². The minimum Gasteiger partial charge on any atom is -0.372 e. The summed E-state index contributed by atoms with van der Waals surface area (Å²) in [5.74, 6) is 5.72. The summed E-state index contributed by atoms with van der Waals surface area (Å²) < 4.78 is 31.1. The average molecular weight is 1440 g/mol. The average Bonchev–Trinajstić information content (AvgIpc) is 1.59. The van der Waals surface area contributed by atoms with Gasteiger partial charge in [-0.2, -0.15) is 0 Å². The van der Waals surface area contributed by atoms with Crippen LogP contribution in [0.5, 0.6) is 0 Å². The SMILES string of the molecule is C.CC.CC.CC.CC.CC.CC.CC.CC(C)C(c1ccccc1)c1ccccc1.CC(C)C1c2ccccc2COCc2ccccc21.CC(C)C1c2ccccc2CS(=O)(=O)c2ccccc21.CC(C)C1c2ccccc2CSc2ccccc21.CC(C)Cc1ccccc1-c1ccccc1. The van der Waals surface area contributed by atoms with E-state index in [2.05, 4.69) is 288 Å². The third-order valence-electron chi connectivity index (χ3n) is 17.4. The van der Waals surface area contributed by atoms with Crippen LogP contribution >= 0.6 is 11.8 Å². The van der Waals surface area contributed by atoms with E-state index in [1.807, 2.05) is 145 Å². The van der Waals surface area contributed by atoms with Gasteiger partial charge in [0.2, 0.25) is 0 Å². The summed E-state index contributed by atoms with van der Waals surface area (Å²) in [7, 11) is -3.26. The van der Waals surface area contributed by atoms with Crippen molar-refractivity contribution in [2.24, 2.45) is 29.6 Å². The predicted molar refractivity (Wildman–Crippen MR) is 464 cm³/mol. The molecule has 10 aromatic carbocycles. The molecule has 3 aliphatic rings. The minimum absolute atomic E-state index is 0. The molecule has 5 heteroatoms. The Morgan fingerprint density at radius 2 is 0.683 bits per heavy atom. The van der Waals surface area contributed by atoms with Crippen molar-refractivity contribution in [2.75, 3.05) is 0 Å². The number of hydrogen-bond acceptors (Lipinski definition) is 4. The summed E-state index contributed by atoms with van der Waals surface area (Å²) in [5, 5.41) is 0. The van der Waals surface area contributed by atoms with Gasteiger partial charge in [0.15, 0.2) is 9.84 Å². The van der Waals surface area contributed by atoms with Gasteiger partial charge in [0.05, 0.1) is 23.9 Å². The molecule has 0 radical (unpaired) electrons. The van der Waals surface area contributed by atoms with Crippen LogP contribution in [0.25, 0.3) is 11.1 Å². The number of fused-ring (bicyclic) bond motifs is 6. The first-order chi connectivity index (χ1) is 50.1. The molecule has 3 aliphatic heterocycles. The highest BCUT2D eigenvalue weighted by molar-refractivity contribution is 7.98. The van der Waals surface area contributed by atoms with Gasteiger partial charge in [0.25, 0.3) is 0 Å². The molecule has 0 bridgehead atoms. The van der Waals surface area contributed by atoms with Crippen molar-refractivity contribution < 1.29 is 13.2 Å². The molecular formula is C99H138O3S2. The first-order valence-electron chi connectivity index (χ1n) is 39.3.